The van der Waals surface area contributed by atoms with Crippen molar-refractivity contribution in [2.24, 2.45) is 5.92 Å². The van der Waals surface area contributed by atoms with Gasteiger partial charge in [0, 0.05) is 0 Å². The van der Waals surface area contributed by atoms with Crippen LogP contribution in [0, 0.1) is 5.92 Å². The van der Waals surface area contributed by atoms with Crippen LogP contribution in [0.4, 0.5) is 0 Å². The molecule has 3 heteroatoms. The molecule has 13 heavy (non-hydrogen) atoms. The normalized spacial score (nSPS) is 10.2. The van der Waals surface area contributed by atoms with Crippen LogP contribution in [0.1, 0.15) is 13.8 Å². The maximum Gasteiger partial charge on any atom is 0.341 e. The van der Waals surface area contributed by atoms with Gasteiger partial charge in [-0.2, -0.15) is 0 Å². The molecule has 0 saturated carbocycles. The first-order chi connectivity index (χ1) is 6.24. The highest BCUT2D eigenvalue weighted by molar-refractivity contribution is 6.00. The van der Waals surface area contributed by atoms with Gasteiger partial charge in [-0.05, 0) is 18.1 Å². The second-order valence-corrected chi connectivity index (χ2v) is 3.46. The first-order valence-corrected chi connectivity index (χ1v) is 4.70. The largest absolute Gasteiger partial charge is 0.538 e. The Morgan fingerprint density at radius 3 is 2.38 bits per heavy atom. The average Bonchev–Trinajstić information content (AvgIpc) is 2.15. The highest BCUT2D eigenvalue weighted by Gasteiger charge is 2.02. The van der Waals surface area contributed by atoms with Crippen LogP contribution < -0.4 is 9.16 Å². The summed E-state index contributed by atoms with van der Waals surface area (Å²) in [5, 5.41) is 0. The average molecular weight is 193 g/mol. The lowest BCUT2D eigenvalue weighted by Crippen LogP contribution is -2.05. The van der Waals surface area contributed by atoms with E-state index in [4.69, 9.17) is 9.16 Å². The summed E-state index contributed by atoms with van der Waals surface area (Å²) >= 11 is 0. The molecule has 0 aliphatic heterocycles. The number of rotatable bonds is 4. The third kappa shape index (κ3) is 3.11. The van der Waals surface area contributed by atoms with Crippen molar-refractivity contribution in [3.8, 4) is 11.5 Å². The first-order valence-electron chi connectivity index (χ1n) is 4.29. The monoisotopic (exact) mass is 193 g/mol. The van der Waals surface area contributed by atoms with E-state index in [0.717, 1.165) is 5.75 Å². The topological polar surface area (TPSA) is 18.5 Å². The second kappa shape index (κ2) is 4.92. The van der Waals surface area contributed by atoms with E-state index in [2.05, 4.69) is 24.3 Å². The fourth-order valence-electron chi connectivity index (χ4n) is 0.910. The van der Waals surface area contributed by atoms with Gasteiger partial charge in [-0.3, -0.25) is 0 Å². The van der Waals surface area contributed by atoms with Gasteiger partial charge >= 0.3 is 10.5 Å². The molecule has 0 N–H and O–H groups in total. The van der Waals surface area contributed by atoms with Crippen molar-refractivity contribution in [1.29, 1.82) is 0 Å². The standard InChI is InChI=1S/C10H13O2Si/c1-8(2)7-11-9-5-3-4-6-10(9)12-13/h3-6,8H,7H2,1-2H3. The fraction of sp³-hybridized carbons (Fsp3) is 0.400. The Morgan fingerprint density at radius 1 is 1.23 bits per heavy atom. The van der Waals surface area contributed by atoms with E-state index in [0.29, 0.717) is 18.3 Å². The van der Waals surface area contributed by atoms with Crippen molar-refractivity contribution >= 4 is 10.5 Å². The Kier molecular flexibility index (Phi) is 3.83. The van der Waals surface area contributed by atoms with Gasteiger partial charge in [0.15, 0.2) is 5.75 Å². The lowest BCUT2D eigenvalue weighted by molar-refractivity contribution is 0.265. The second-order valence-electron chi connectivity index (χ2n) is 3.25. The van der Waals surface area contributed by atoms with E-state index in [1.807, 2.05) is 24.3 Å². The molecule has 0 aliphatic rings. The molecule has 0 spiro atoms. The molecule has 0 aliphatic carbocycles. The van der Waals surface area contributed by atoms with Crippen molar-refractivity contribution in [1.82, 2.24) is 0 Å². The minimum Gasteiger partial charge on any atom is -0.538 e. The predicted octanol–water partition coefficient (Wildman–Crippen LogP) is 2.18. The molecule has 0 atom stereocenters. The number of benzene rings is 1. The smallest absolute Gasteiger partial charge is 0.341 e. The minimum atomic E-state index is 0.516. The van der Waals surface area contributed by atoms with Crippen LogP contribution in [0.2, 0.25) is 0 Å². The van der Waals surface area contributed by atoms with Crippen molar-refractivity contribution in [3.63, 3.8) is 0 Å². The van der Waals surface area contributed by atoms with Crippen molar-refractivity contribution < 1.29 is 9.16 Å². The quantitative estimate of drug-likeness (QED) is 0.682. The Morgan fingerprint density at radius 2 is 1.85 bits per heavy atom. The van der Waals surface area contributed by atoms with Crippen LogP contribution in [0.5, 0.6) is 11.5 Å². The van der Waals surface area contributed by atoms with E-state index in [1.54, 1.807) is 0 Å². The zero-order valence-corrected chi connectivity index (χ0v) is 8.91. The fourth-order valence-corrected chi connectivity index (χ4v) is 1.08. The number of hydrogen-bond acceptors (Lipinski definition) is 2. The summed E-state index contributed by atoms with van der Waals surface area (Å²) in [7, 11) is 2.98. The van der Waals surface area contributed by atoms with Gasteiger partial charge in [0.25, 0.3) is 0 Å². The number of ether oxygens (including phenoxy) is 1. The van der Waals surface area contributed by atoms with Crippen molar-refractivity contribution in [2.75, 3.05) is 6.61 Å². The molecule has 1 rings (SSSR count). The molecule has 3 radical (unpaired) electrons. The van der Waals surface area contributed by atoms with Crippen LogP contribution in [0.25, 0.3) is 0 Å². The molecule has 0 heterocycles. The van der Waals surface area contributed by atoms with Crippen LogP contribution in [0.3, 0.4) is 0 Å². The third-order valence-electron chi connectivity index (χ3n) is 1.53. The van der Waals surface area contributed by atoms with Gasteiger partial charge in [0.2, 0.25) is 0 Å². The molecule has 0 fully saturated rings. The van der Waals surface area contributed by atoms with E-state index in [1.165, 1.54) is 0 Å². The summed E-state index contributed by atoms with van der Waals surface area (Å²) < 4.78 is 10.5. The molecule has 0 amide bonds. The molecule has 69 valence electrons. The van der Waals surface area contributed by atoms with Crippen LogP contribution >= 0.6 is 0 Å². The first kappa shape index (κ1) is 10.1. The Bertz CT molecular complexity index is 261. The molecule has 0 aromatic heterocycles. The zero-order chi connectivity index (χ0) is 9.68. The van der Waals surface area contributed by atoms with E-state index >= 15 is 0 Å². The summed E-state index contributed by atoms with van der Waals surface area (Å²) in [5.41, 5.74) is 0. The molecule has 1 aromatic rings. The van der Waals surface area contributed by atoms with Crippen molar-refractivity contribution in [2.45, 2.75) is 13.8 Å². The van der Waals surface area contributed by atoms with Gasteiger partial charge in [-0.15, -0.1) is 0 Å². The van der Waals surface area contributed by atoms with Gasteiger partial charge in [0.05, 0.1) is 6.61 Å². The maximum absolute atomic E-state index is 5.53. The van der Waals surface area contributed by atoms with Gasteiger partial charge in [-0.25, -0.2) is 0 Å². The summed E-state index contributed by atoms with van der Waals surface area (Å²) in [4.78, 5) is 0. The van der Waals surface area contributed by atoms with E-state index in [9.17, 15) is 0 Å². The van der Waals surface area contributed by atoms with Gasteiger partial charge < -0.3 is 9.16 Å². The lowest BCUT2D eigenvalue weighted by Gasteiger charge is -2.11. The Balaban J connectivity index is 2.64. The van der Waals surface area contributed by atoms with Gasteiger partial charge in [-0.1, -0.05) is 26.0 Å². The summed E-state index contributed by atoms with van der Waals surface area (Å²) in [6.07, 6.45) is 0. The molecule has 0 bridgehead atoms. The lowest BCUT2D eigenvalue weighted by atomic mass is 10.2. The van der Waals surface area contributed by atoms with Crippen LogP contribution in [-0.2, 0) is 0 Å². The number of hydrogen-bond donors (Lipinski definition) is 0. The molecule has 0 unspecified atom stereocenters. The van der Waals surface area contributed by atoms with E-state index in [-0.39, 0.29) is 0 Å². The Hall–Kier alpha value is -0.963. The molecular weight excluding hydrogens is 180 g/mol. The van der Waals surface area contributed by atoms with Crippen LogP contribution in [0.15, 0.2) is 24.3 Å². The molecule has 2 nitrogen and oxygen atoms in total. The molecule has 0 saturated heterocycles. The summed E-state index contributed by atoms with van der Waals surface area (Å²) in [6.45, 7) is 4.92. The predicted molar refractivity (Wildman–Crippen MR) is 53.2 cm³/mol. The highest BCUT2D eigenvalue weighted by atomic mass is 28.2. The SMILES string of the molecule is CC(C)COc1ccccc1O[Si]. The van der Waals surface area contributed by atoms with Gasteiger partial charge in [0.1, 0.15) is 5.75 Å². The van der Waals surface area contributed by atoms with Crippen LogP contribution in [-0.4, -0.2) is 17.1 Å². The summed E-state index contributed by atoms with van der Waals surface area (Å²) in [6, 6.07) is 7.56. The Labute approximate surface area is 82.4 Å². The maximum atomic E-state index is 5.53. The van der Waals surface area contributed by atoms with Crippen molar-refractivity contribution in [3.05, 3.63) is 24.3 Å². The zero-order valence-electron chi connectivity index (χ0n) is 7.91. The minimum absolute atomic E-state index is 0.516. The summed E-state index contributed by atoms with van der Waals surface area (Å²) in [5.74, 6) is 1.99. The molecule has 1 aromatic carbocycles. The third-order valence-corrected chi connectivity index (χ3v) is 1.75. The molecular formula is C10H13O2Si. The van der Waals surface area contributed by atoms with E-state index < -0.39 is 0 Å². The number of para-hydroxylation sites is 2. The highest BCUT2D eigenvalue weighted by Crippen LogP contribution is 2.25.